The second-order valence-electron chi connectivity index (χ2n) is 6.04. The predicted octanol–water partition coefficient (Wildman–Crippen LogP) is 3.12. The summed E-state index contributed by atoms with van der Waals surface area (Å²) in [6, 6.07) is 5.37. The topological polar surface area (TPSA) is 41.6 Å². The van der Waals surface area contributed by atoms with Gasteiger partial charge in [-0.15, -0.1) is 0 Å². The van der Waals surface area contributed by atoms with Crippen molar-refractivity contribution in [3.05, 3.63) is 29.8 Å². The number of nitrogens with zero attached hydrogens (tertiary/aromatic N) is 1. The number of alkyl halides is 3. The van der Waals surface area contributed by atoms with Crippen molar-refractivity contribution in [2.75, 3.05) is 13.2 Å². The minimum Gasteiger partial charge on any atom is -0.494 e. The van der Waals surface area contributed by atoms with Gasteiger partial charge in [-0.2, -0.15) is 13.2 Å². The predicted molar refractivity (Wildman–Crippen MR) is 84.7 cm³/mol. The molecule has 1 saturated heterocycles. The van der Waals surface area contributed by atoms with Crippen LogP contribution in [0.15, 0.2) is 24.3 Å². The van der Waals surface area contributed by atoms with E-state index < -0.39 is 12.2 Å². The second kappa shape index (κ2) is 7.88. The molecule has 7 heteroatoms. The highest BCUT2D eigenvalue weighted by molar-refractivity contribution is 5.73. The van der Waals surface area contributed by atoms with Gasteiger partial charge < -0.3 is 10.1 Å². The summed E-state index contributed by atoms with van der Waals surface area (Å²) >= 11 is 0. The maximum atomic E-state index is 13.3. The van der Waals surface area contributed by atoms with Crippen molar-refractivity contribution >= 4 is 5.91 Å². The van der Waals surface area contributed by atoms with Crippen molar-refractivity contribution in [1.82, 2.24) is 10.2 Å². The fourth-order valence-electron chi connectivity index (χ4n) is 3.13. The van der Waals surface area contributed by atoms with Gasteiger partial charge in [0, 0.05) is 26.1 Å². The SMILES string of the molecule is CCOc1cccc(CN2C[C@@H](NC(C)=O)CC[C@@H]2C(F)(F)F)c1. The Morgan fingerprint density at radius 1 is 1.38 bits per heavy atom. The van der Waals surface area contributed by atoms with E-state index in [4.69, 9.17) is 4.74 Å². The molecule has 1 fully saturated rings. The number of ether oxygens (including phenoxy) is 1. The van der Waals surface area contributed by atoms with Crippen molar-refractivity contribution in [2.45, 2.75) is 51.5 Å². The van der Waals surface area contributed by atoms with Crippen LogP contribution >= 0.6 is 0 Å². The van der Waals surface area contributed by atoms with E-state index in [1.54, 1.807) is 24.3 Å². The summed E-state index contributed by atoms with van der Waals surface area (Å²) in [5.74, 6) is 0.428. The summed E-state index contributed by atoms with van der Waals surface area (Å²) < 4.78 is 45.4. The third-order valence-corrected chi connectivity index (χ3v) is 4.06. The zero-order chi connectivity index (χ0) is 17.7. The van der Waals surface area contributed by atoms with Crippen LogP contribution in [0.25, 0.3) is 0 Å². The van der Waals surface area contributed by atoms with Gasteiger partial charge in [0.2, 0.25) is 5.91 Å². The number of hydrogen-bond acceptors (Lipinski definition) is 3. The molecule has 24 heavy (non-hydrogen) atoms. The van der Waals surface area contributed by atoms with E-state index in [2.05, 4.69) is 5.32 Å². The monoisotopic (exact) mass is 344 g/mol. The van der Waals surface area contributed by atoms with E-state index in [0.29, 0.717) is 18.8 Å². The Morgan fingerprint density at radius 2 is 2.12 bits per heavy atom. The fourth-order valence-corrected chi connectivity index (χ4v) is 3.13. The summed E-state index contributed by atoms with van der Waals surface area (Å²) in [6.07, 6.45) is -3.96. The fraction of sp³-hybridized carbons (Fsp3) is 0.588. The smallest absolute Gasteiger partial charge is 0.404 e. The highest BCUT2D eigenvalue weighted by atomic mass is 19.4. The normalized spacial score (nSPS) is 22.2. The van der Waals surface area contributed by atoms with Crippen molar-refractivity contribution in [1.29, 1.82) is 0 Å². The molecule has 2 atom stereocenters. The average Bonchev–Trinajstić information content (AvgIpc) is 2.46. The minimum atomic E-state index is -4.28. The molecule has 0 aromatic heterocycles. The quantitative estimate of drug-likeness (QED) is 0.892. The molecule has 1 aliphatic heterocycles. The zero-order valence-corrected chi connectivity index (χ0v) is 13.9. The van der Waals surface area contributed by atoms with Crippen LogP contribution in [0.1, 0.15) is 32.3 Å². The average molecular weight is 344 g/mol. The molecule has 2 rings (SSSR count). The maximum Gasteiger partial charge on any atom is 0.404 e. The molecule has 0 aliphatic carbocycles. The third-order valence-electron chi connectivity index (χ3n) is 4.06. The largest absolute Gasteiger partial charge is 0.494 e. The lowest BCUT2D eigenvalue weighted by atomic mass is 9.96. The van der Waals surface area contributed by atoms with Gasteiger partial charge in [0.1, 0.15) is 11.8 Å². The molecule has 1 aromatic rings. The van der Waals surface area contributed by atoms with Gasteiger partial charge in [0.05, 0.1) is 6.61 Å². The number of likely N-dealkylation sites (tertiary alicyclic amines) is 1. The molecular weight excluding hydrogens is 321 g/mol. The van der Waals surface area contributed by atoms with Crippen LogP contribution in [0.4, 0.5) is 13.2 Å². The molecule has 1 amide bonds. The Kier molecular flexibility index (Phi) is 6.10. The Morgan fingerprint density at radius 3 is 2.75 bits per heavy atom. The number of rotatable bonds is 5. The first-order chi connectivity index (χ1) is 11.3. The zero-order valence-electron chi connectivity index (χ0n) is 13.9. The molecular formula is C17H23F3N2O2. The Hall–Kier alpha value is -1.76. The molecule has 0 radical (unpaired) electrons. The molecule has 1 aliphatic rings. The van der Waals surface area contributed by atoms with E-state index >= 15 is 0 Å². The maximum absolute atomic E-state index is 13.3. The van der Waals surface area contributed by atoms with Crippen LogP contribution in [0.3, 0.4) is 0 Å². The van der Waals surface area contributed by atoms with Crippen LogP contribution in [0, 0.1) is 0 Å². The van der Waals surface area contributed by atoms with Gasteiger partial charge in [-0.1, -0.05) is 12.1 Å². The van der Waals surface area contributed by atoms with Crippen molar-refractivity contribution in [2.24, 2.45) is 0 Å². The molecule has 134 valence electrons. The van der Waals surface area contributed by atoms with Gasteiger partial charge in [0.25, 0.3) is 0 Å². The molecule has 0 bridgehead atoms. The summed E-state index contributed by atoms with van der Waals surface area (Å²) in [5, 5.41) is 2.73. The minimum absolute atomic E-state index is 0.0143. The van der Waals surface area contributed by atoms with E-state index in [1.807, 2.05) is 6.92 Å². The molecule has 1 aromatic carbocycles. The molecule has 0 spiro atoms. The summed E-state index contributed by atoms with van der Waals surface area (Å²) in [4.78, 5) is 12.6. The van der Waals surface area contributed by atoms with Gasteiger partial charge in [-0.3, -0.25) is 9.69 Å². The lowest BCUT2D eigenvalue weighted by molar-refractivity contribution is -0.194. The van der Waals surface area contributed by atoms with Crippen molar-refractivity contribution in [3.8, 4) is 5.75 Å². The highest BCUT2D eigenvalue weighted by Crippen LogP contribution is 2.33. The number of halogens is 3. The third kappa shape index (κ3) is 5.12. The number of benzene rings is 1. The van der Waals surface area contributed by atoms with E-state index in [1.165, 1.54) is 11.8 Å². The first-order valence-corrected chi connectivity index (χ1v) is 8.09. The molecule has 1 heterocycles. The molecule has 0 unspecified atom stereocenters. The summed E-state index contributed by atoms with van der Waals surface area (Å²) in [5.41, 5.74) is 0.763. The van der Waals surface area contributed by atoms with E-state index in [-0.39, 0.29) is 31.5 Å². The van der Waals surface area contributed by atoms with Crippen molar-refractivity contribution < 1.29 is 22.7 Å². The van der Waals surface area contributed by atoms with Crippen LogP contribution in [0.2, 0.25) is 0 Å². The summed E-state index contributed by atoms with van der Waals surface area (Å²) in [7, 11) is 0. The van der Waals surface area contributed by atoms with Crippen LogP contribution in [-0.2, 0) is 11.3 Å². The van der Waals surface area contributed by atoms with E-state index in [0.717, 1.165) is 5.56 Å². The van der Waals surface area contributed by atoms with Gasteiger partial charge in [0.15, 0.2) is 0 Å². The first kappa shape index (κ1) is 18.6. The Labute approximate surface area is 140 Å². The number of hydrogen-bond donors (Lipinski definition) is 1. The highest BCUT2D eigenvalue weighted by Gasteiger charge is 2.46. The standard InChI is InChI=1S/C17H23F3N2O2/c1-3-24-15-6-4-5-13(9-15)10-22-11-14(21-12(2)23)7-8-16(22)17(18,19)20/h4-6,9,14,16H,3,7-8,10-11H2,1-2H3,(H,21,23)/t14-,16+/m0/s1. The molecule has 4 nitrogen and oxygen atoms in total. The number of carbonyl (C=O) groups excluding carboxylic acids is 1. The summed E-state index contributed by atoms with van der Waals surface area (Å²) in [6.45, 7) is 4.09. The Balaban J connectivity index is 2.14. The molecule has 0 saturated carbocycles. The number of nitrogens with one attached hydrogen (secondary N) is 1. The number of amides is 1. The van der Waals surface area contributed by atoms with Gasteiger partial charge in [-0.05, 0) is 37.5 Å². The number of piperidine rings is 1. The number of carbonyl (C=O) groups is 1. The lowest BCUT2D eigenvalue weighted by Crippen LogP contribution is -2.55. The first-order valence-electron chi connectivity index (χ1n) is 8.09. The van der Waals surface area contributed by atoms with Gasteiger partial charge in [-0.25, -0.2) is 0 Å². The Bertz CT molecular complexity index is 563. The second-order valence-corrected chi connectivity index (χ2v) is 6.04. The van der Waals surface area contributed by atoms with Crippen LogP contribution in [-0.4, -0.2) is 42.2 Å². The van der Waals surface area contributed by atoms with E-state index in [9.17, 15) is 18.0 Å². The molecule has 1 N–H and O–H groups in total. The van der Waals surface area contributed by atoms with Crippen LogP contribution < -0.4 is 10.1 Å². The van der Waals surface area contributed by atoms with Crippen LogP contribution in [0.5, 0.6) is 5.75 Å². The van der Waals surface area contributed by atoms with Gasteiger partial charge >= 0.3 is 6.18 Å². The van der Waals surface area contributed by atoms with Crippen molar-refractivity contribution in [3.63, 3.8) is 0 Å². The lowest BCUT2D eigenvalue weighted by Gasteiger charge is -2.40.